The third-order valence-electron chi connectivity index (χ3n) is 6.74. The lowest BCUT2D eigenvalue weighted by Crippen LogP contribution is -2.41. The second-order valence-electron chi connectivity index (χ2n) is 9.23. The van der Waals surface area contributed by atoms with Crippen LogP contribution < -0.4 is 16.0 Å². The molecule has 2 unspecified atom stereocenters. The molecule has 6 nitrogen and oxygen atoms in total. The number of hydrogen-bond acceptors (Lipinski definition) is 3. The molecular formula is C27H36N4O2. The third-order valence-corrected chi connectivity index (χ3v) is 6.74. The number of carbonyl (C=O) groups excluding carboxylic acids is 1. The van der Waals surface area contributed by atoms with E-state index in [0.29, 0.717) is 12.5 Å². The predicted octanol–water partition coefficient (Wildman–Crippen LogP) is 4.57. The minimum atomic E-state index is 0.112. The highest BCUT2D eigenvalue weighted by Gasteiger charge is 2.27. The topological polar surface area (TPSA) is 74.8 Å². The van der Waals surface area contributed by atoms with Crippen LogP contribution in [-0.4, -0.2) is 32.1 Å². The first-order chi connectivity index (χ1) is 16.1. The van der Waals surface area contributed by atoms with Gasteiger partial charge in [-0.25, -0.2) is 0 Å². The fraction of sp³-hybridized carbons (Fsp3) is 0.481. The van der Waals surface area contributed by atoms with Crippen molar-refractivity contribution in [1.29, 1.82) is 0 Å². The maximum atomic E-state index is 12.2. The van der Waals surface area contributed by atoms with Crippen LogP contribution in [0.25, 0.3) is 0 Å². The molecule has 1 amide bonds. The number of rotatable bonds is 7. The van der Waals surface area contributed by atoms with E-state index in [-0.39, 0.29) is 17.9 Å². The predicted molar refractivity (Wildman–Crippen MR) is 133 cm³/mol. The van der Waals surface area contributed by atoms with Crippen molar-refractivity contribution in [3.8, 4) is 0 Å². The largest absolute Gasteiger partial charge is 0.373 e. The highest BCUT2D eigenvalue weighted by atomic mass is 16.5. The zero-order chi connectivity index (χ0) is 23.0. The smallest absolute Gasteiger partial charge is 0.227 e. The summed E-state index contributed by atoms with van der Waals surface area (Å²) < 4.78 is 6.15. The second kappa shape index (κ2) is 11.3. The summed E-state index contributed by atoms with van der Waals surface area (Å²) in [4.78, 5) is 16.6. The van der Waals surface area contributed by atoms with Crippen LogP contribution >= 0.6 is 0 Å². The molecule has 0 spiro atoms. The Labute approximate surface area is 197 Å². The molecule has 1 aliphatic carbocycles. The summed E-state index contributed by atoms with van der Waals surface area (Å²) in [5, 5.41) is 9.94. The van der Waals surface area contributed by atoms with Crippen molar-refractivity contribution in [2.24, 2.45) is 16.8 Å². The lowest BCUT2D eigenvalue weighted by atomic mass is 9.85. The maximum absolute atomic E-state index is 12.2. The number of nitrogens with one attached hydrogen (secondary N) is 3. The summed E-state index contributed by atoms with van der Waals surface area (Å²) in [6.07, 6.45) is 5.50. The minimum absolute atomic E-state index is 0.112. The maximum Gasteiger partial charge on any atom is 0.227 e. The van der Waals surface area contributed by atoms with Gasteiger partial charge in [0, 0.05) is 44.3 Å². The van der Waals surface area contributed by atoms with Crippen molar-refractivity contribution in [2.45, 2.75) is 51.7 Å². The molecule has 1 heterocycles. The lowest BCUT2D eigenvalue weighted by molar-refractivity contribution is -0.122. The van der Waals surface area contributed by atoms with E-state index in [9.17, 15) is 4.79 Å². The molecule has 33 heavy (non-hydrogen) atoms. The Kier molecular flexibility index (Phi) is 8.00. The Morgan fingerprint density at radius 3 is 2.61 bits per heavy atom. The Balaban J connectivity index is 1.29. The van der Waals surface area contributed by atoms with E-state index < -0.39 is 0 Å². The van der Waals surface area contributed by atoms with E-state index in [1.165, 1.54) is 11.1 Å². The van der Waals surface area contributed by atoms with E-state index >= 15 is 0 Å². The number of amides is 1. The first-order valence-electron chi connectivity index (χ1n) is 12.1. The van der Waals surface area contributed by atoms with Gasteiger partial charge < -0.3 is 20.7 Å². The summed E-state index contributed by atoms with van der Waals surface area (Å²) in [6.45, 7) is 4.36. The van der Waals surface area contributed by atoms with Gasteiger partial charge in [-0.05, 0) is 55.9 Å². The first-order valence-corrected chi connectivity index (χ1v) is 12.1. The van der Waals surface area contributed by atoms with Crippen molar-refractivity contribution in [1.82, 2.24) is 10.6 Å². The van der Waals surface area contributed by atoms with Gasteiger partial charge in [0.05, 0.1) is 6.10 Å². The van der Waals surface area contributed by atoms with Gasteiger partial charge in [-0.2, -0.15) is 0 Å². The fourth-order valence-electron chi connectivity index (χ4n) is 4.48. The van der Waals surface area contributed by atoms with Gasteiger partial charge in [-0.3, -0.25) is 9.79 Å². The summed E-state index contributed by atoms with van der Waals surface area (Å²) in [6, 6.07) is 16.7. The number of aryl methyl sites for hydroxylation is 1. The van der Waals surface area contributed by atoms with Crippen molar-refractivity contribution in [3.05, 3.63) is 65.2 Å². The average molecular weight is 449 g/mol. The van der Waals surface area contributed by atoms with Crippen molar-refractivity contribution in [3.63, 3.8) is 0 Å². The second-order valence-corrected chi connectivity index (χ2v) is 9.23. The Morgan fingerprint density at radius 2 is 1.88 bits per heavy atom. The molecule has 2 atom stereocenters. The zero-order valence-corrected chi connectivity index (χ0v) is 19.8. The van der Waals surface area contributed by atoms with E-state index in [1.54, 1.807) is 7.05 Å². The Bertz CT molecular complexity index is 953. The molecular weight excluding hydrogens is 412 g/mol. The number of anilines is 1. The van der Waals surface area contributed by atoms with Crippen LogP contribution in [0.1, 0.15) is 54.9 Å². The van der Waals surface area contributed by atoms with Crippen molar-refractivity contribution in [2.75, 3.05) is 25.5 Å². The minimum Gasteiger partial charge on any atom is -0.373 e. The molecule has 0 radical (unpaired) electrons. The quantitative estimate of drug-likeness (QED) is 0.429. The van der Waals surface area contributed by atoms with Crippen LogP contribution in [0.5, 0.6) is 0 Å². The molecule has 0 aromatic heterocycles. The lowest BCUT2D eigenvalue weighted by Gasteiger charge is -2.32. The number of benzene rings is 2. The van der Waals surface area contributed by atoms with Crippen LogP contribution in [0.2, 0.25) is 0 Å². The van der Waals surface area contributed by atoms with Crippen LogP contribution in [0.15, 0.2) is 53.5 Å². The molecule has 1 aliphatic heterocycles. The molecule has 3 N–H and O–H groups in total. The number of ether oxygens (including phenoxy) is 1. The van der Waals surface area contributed by atoms with Crippen LogP contribution in [0.4, 0.5) is 5.69 Å². The van der Waals surface area contributed by atoms with Gasteiger partial charge in [0.15, 0.2) is 5.96 Å². The number of hydrogen-bond donors (Lipinski definition) is 3. The molecule has 2 aromatic carbocycles. The van der Waals surface area contributed by atoms with Gasteiger partial charge in [0.1, 0.15) is 0 Å². The molecule has 1 saturated carbocycles. The van der Waals surface area contributed by atoms with Gasteiger partial charge in [-0.1, -0.05) is 48.4 Å². The molecule has 176 valence electrons. The molecule has 1 saturated heterocycles. The van der Waals surface area contributed by atoms with Crippen LogP contribution in [-0.2, 0) is 16.1 Å². The van der Waals surface area contributed by atoms with Crippen molar-refractivity contribution >= 4 is 17.6 Å². The summed E-state index contributed by atoms with van der Waals surface area (Å²) in [5.74, 6) is 1.49. The monoisotopic (exact) mass is 448 g/mol. The molecule has 2 aliphatic rings. The van der Waals surface area contributed by atoms with Gasteiger partial charge in [0.25, 0.3) is 0 Å². The fourth-order valence-corrected chi connectivity index (χ4v) is 4.48. The van der Waals surface area contributed by atoms with E-state index in [0.717, 1.165) is 62.5 Å². The van der Waals surface area contributed by atoms with Crippen LogP contribution in [0.3, 0.4) is 0 Å². The zero-order valence-electron chi connectivity index (χ0n) is 19.8. The Hall–Kier alpha value is -2.86. The molecule has 2 aromatic rings. The SMILES string of the molecule is CN=C(NCc1cccc(NC(=O)C2CCC2)c1)NCC1CCCOC1c1ccc(C)cc1. The summed E-state index contributed by atoms with van der Waals surface area (Å²) >= 11 is 0. The van der Waals surface area contributed by atoms with E-state index in [1.807, 2.05) is 18.2 Å². The van der Waals surface area contributed by atoms with Gasteiger partial charge in [0.2, 0.25) is 5.91 Å². The molecule has 4 rings (SSSR count). The first kappa shape index (κ1) is 23.3. The summed E-state index contributed by atoms with van der Waals surface area (Å²) in [7, 11) is 1.79. The summed E-state index contributed by atoms with van der Waals surface area (Å²) in [5.41, 5.74) is 4.47. The molecule has 6 heteroatoms. The number of nitrogens with zero attached hydrogens (tertiary/aromatic N) is 1. The van der Waals surface area contributed by atoms with Crippen molar-refractivity contribution < 1.29 is 9.53 Å². The van der Waals surface area contributed by atoms with E-state index in [2.05, 4.69) is 58.2 Å². The number of carbonyl (C=O) groups is 1. The number of aliphatic imine (C=N–C) groups is 1. The average Bonchev–Trinajstić information content (AvgIpc) is 2.79. The van der Waals surface area contributed by atoms with Gasteiger partial charge >= 0.3 is 0 Å². The van der Waals surface area contributed by atoms with Crippen LogP contribution in [0, 0.1) is 18.8 Å². The normalized spacial score (nSPS) is 21.2. The third kappa shape index (κ3) is 6.35. The number of guanidine groups is 1. The molecule has 2 fully saturated rings. The molecule has 0 bridgehead atoms. The standard InChI is InChI=1S/C27H36N4O2/c1-19-11-13-21(14-12-19)25-23(9-5-15-33-25)18-30-27(28-2)29-17-20-6-3-10-24(16-20)31-26(32)22-7-4-8-22/h3,6,10-14,16,22-23,25H,4-5,7-9,15,17-18H2,1-2H3,(H,31,32)(H2,28,29,30). The highest BCUT2D eigenvalue weighted by Crippen LogP contribution is 2.33. The van der Waals surface area contributed by atoms with E-state index in [4.69, 9.17) is 4.74 Å². The van der Waals surface area contributed by atoms with Gasteiger partial charge in [-0.15, -0.1) is 0 Å². The Morgan fingerprint density at radius 1 is 1.06 bits per heavy atom. The highest BCUT2D eigenvalue weighted by molar-refractivity contribution is 5.93.